The predicted octanol–water partition coefficient (Wildman–Crippen LogP) is -0.470. The van der Waals surface area contributed by atoms with Crippen LogP contribution in [0.1, 0.15) is 51.9 Å². The normalized spacial score (nSPS) is 28.9. The first-order chi connectivity index (χ1) is 21.8. The van der Waals surface area contributed by atoms with Crippen LogP contribution in [0.15, 0.2) is 47.0 Å². The van der Waals surface area contributed by atoms with Crippen LogP contribution in [0.4, 0.5) is 0 Å². The Morgan fingerprint density at radius 3 is 2.37 bits per heavy atom. The van der Waals surface area contributed by atoms with E-state index in [9.17, 15) is 29.1 Å². The lowest BCUT2D eigenvalue weighted by Gasteiger charge is -2.60. The number of amides is 3. The second-order valence-corrected chi connectivity index (χ2v) is 14.0. The van der Waals surface area contributed by atoms with E-state index in [1.807, 2.05) is 11.0 Å². The van der Waals surface area contributed by atoms with Gasteiger partial charge in [-0.25, -0.2) is 0 Å². The fourth-order valence-corrected chi connectivity index (χ4v) is 7.53. The van der Waals surface area contributed by atoms with Crippen LogP contribution in [-0.4, -0.2) is 125 Å². The molecular weight excluding hydrogens is 590 g/mol. The Morgan fingerprint density at radius 2 is 1.76 bits per heavy atom. The van der Waals surface area contributed by atoms with Crippen LogP contribution in [0.3, 0.4) is 0 Å². The molecule has 2 atom stereocenters. The summed E-state index contributed by atoms with van der Waals surface area (Å²) in [6.07, 6.45) is 12.1. The molecule has 2 unspecified atom stereocenters. The third-order valence-electron chi connectivity index (χ3n) is 10.7. The lowest BCUT2D eigenvalue weighted by molar-refractivity contribution is -0.143. The highest BCUT2D eigenvalue weighted by Gasteiger charge is 2.51. The summed E-state index contributed by atoms with van der Waals surface area (Å²) in [6, 6.07) is -0.752. The van der Waals surface area contributed by atoms with Gasteiger partial charge >= 0.3 is 0 Å². The molecule has 13 nitrogen and oxygen atoms in total. The van der Waals surface area contributed by atoms with Crippen LogP contribution in [0.5, 0.6) is 0 Å². The molecule has 13 heteroatoms. The van der Waals surface area contributed by atoms with Gasteiger partial charge in [-0.05, 0) is 69.7 Å². The maximum atomic E-state index is 13.6. The average Bonchev–Trinajstić information content (AvgIpc) is 3.02. The third kappa shape index (κ3) is 6.96. The molecule has 46 heavy (non-hydrogen) atoms. The number of hydrogen-bond acceptors (Lipinski definition) is 11. The van der Waals surface area contributed by atoms with Crippen LogP contribution >= 0.6 is 0 Å². The second-order valence-electron chi connectivity index (χ2n) is 14.0. The molecule has 4 aliphatic heterocycles. The van der Waals surface area contributed by atoms with Crippen LogP contribution in [0.25, 0.3) is 0 Å². The number of imide groups is 1. The number of carbonyl (C=O) groups excluding carboxylic acids is 5. The van der Waals surface area contributed by atoms with E-state index >= 15 is 0 Å². The summed E-state index contributed by atoms with van der Waals surface area (Å²) >= 11 is 0. The van der Waals surface area contributed by atoms with Crippen molar-refractivity contribution in [2.45, 2.75) is 69.1 Å². The summed E-state index contributed by atoms with van der Waals surface area (Å²) in [6.45, 7) is 7.53. The highest BCUT2D eigenvalue weighted by Crippen LogP contribution is 2.47. The zero-order chi connectivity index (χ0) is 33.3. The SMILES string of the molecule is CN(C(=O)C1=C(C=O)C=CC(C)(N2CC3(CCN(CC4(O)CCN(/C(N)=C/C=C(\N)C=O)CC4)CC3)C2)C1)C1CCC(=O)NC1=O. The van der Waals surface area contributed by atoms with Crippen molar-refractivity contribution in [3.8, 4) is 0 Å². The van der Waals surface area contributed by atoms with Gasteiger partial charge in [-0.1, -0.05) is 12.2 Å². The summed E-state index contributed by atoms with van der Waals surface area (Å²) in [7, 11) is 1.55. The standard InChI is InChI=1S/C33H47N7O6/c1-31(8-7-23(18-41)25(17-31)30(45)37(2)26-4-6-28(43)36-29(26)44)40-20-32(21-40)9-13-38(14-10-32)22-33(46)11-15-39(16-12-33)27(35)5-3-24(34)19-42/h3,5,7-8,18-19,26,46H,4,6,9-17,20-22,34-35H2,1-2H3,(H,36,43,44)/b24-3-,27-5+. The molecule has 0 bridgehead atoms. The number of nitrogens with zero attached hydrogens (tertiary/aromatic N) is 4. The lowest BCUT2D eigenvalue weighted by atomic mass is 9.68. The molecule has 1 spiro atoms. The fourth-order valence-electron chi connectivity index (χ4n) is 7.53. The molecule has 4 saturated heterocycles. The molecule has 0 radical (unpaired) electrons. The van der Waals surface area contributed by atoms with E-state index in [1.54, 1.807) is 19.2 Å². The van der Waals surface area contributed by atoms with Crippen molar-refractivity contribution >= 4 is 30.3 Å². The third-order valence-corrected chi connectivity index (χ3v) is 10.7. The van der Waals surface area contributed by atoms with Gasteiger partial charge in [-0.3, -0.25) is 34.2 Å². The van der Waals surface area contributed by atoms with Crippen molar-refractivity contribution < 1.29 is 29.1 Å². The smallest absolute Gasteiger partial charge is 0.251 e. The maximum Gasteiger partial charge on any atom is 0.251 e. The van der Waals surface area contributed by atoms with E-state index in [1.165, 1.54) is 11.0 Å². The molecule has 3 amide bonds. The van der Waals surface area contributed by atoms with Gasteiger partial charge in [0.05, 0.1) is 17.1 Å². The molecule has 6 N–H and O–H groups in total. The predicted molar refractivity (Wildman–Crippen MR) is 170 cm³/mol. The zero-order valence-corrected chi connectivity index (χ0v) is 26.9. The quantitative estimate of drug-likeness (QED) is 0.111. The Hall–Kier alpha value is -3.81. The number of likely N-dealkylation sites (N-methyl/N-ethyl adjacent to an activating group) is 1. The van der Waals surface area contributed by atoms with E-state index < -0.39 is 23.1 Å². The fraction of sp³-hybridized carbons (Fsp3) is 0.606. The number of carbonyl (C=O) groups is 5. The van der Waals surface area contributed by atoms with E-state index in [0.29, 0.717) is 68.4 Å². The molecule has 4 heterocycles. The monoisotopic (exact) mass is 637 g/mol. The summed E-state index contributed by atoms with van der Waals surface area (Å²) in [5.74, 6) is -0.670. The minimum Gasteiger partial charge on any atom is -0.396 e. The van der Waals surface area contributed by atoms with Crippen molar-refractivity contribution in [2.24, 2.45) is 16.9 Å². The van der Waals surface area contributed by atoms with E-state index in [0.717, 1.165) is 39.0 Å². The Bertz CT molecular complexity index is 1380. The van der Waals surface area contributed by atoms with Crippen molar-refractivity contribution in [1.29, 1.82) is 0 Å². The maximum absolute atomic E-state index is 13.6. The molecule has 250 valence electrons. The first-order valence-corrected chi connectivity index (χ1v) is 16.1. The minimum absolute atomic E-state index is 0.108. The Kier molecular flexibility index (Phi) is 9.57. The molecule has 0 aromatic carbocycles. The van der Waals surface area contributed by atoms with Crippen molar-refractivity contribution in [1.82, 2.24) is 24.9 Å². The first kappa shape index (κ1) is 33.6. The van der Waals surface area contributed by atoms with Crippen LogP contribution in [0, 0.1) is 5.41 Å². The van der Waals surface area contributed by atoms with Crippen LogP contribution < -0.4 is 16.8 Å². The number of piperidine rings is 3. The van der Waals surface area contributed by atoms with Gasteiger partial charge in [-0.15, -0.1) is 0 Å². The molecule has 5 rings (SSSR count). The number of hydrogen-bond donors (Lipinski definition) is 4. The molecule has 5 aliphatic rings. The van der Waals surface area contributed by atoms with E-state index in [4.69, 9.17) is 11.5 Å². The number of aliphatic hydroxyl groups is 1. The molecule has 0 aromatic rings. The van der Waals surface area contributed by atoms with Crippen molar-refractivity contribution in [2.75, 3.05) is 52.9 Å². The number of nitrogens with one attached hydrogen (secondary N) is 1. The number of rotatable bonds is 9. The average molecular weight is 638 g/mol. The summed E-state index contributed by atoms with van der Waals surface area (Å²) in [5.41, 5.74) is 11.5. The largest absolute Gasteiger partial charge is 0.396 e. The van der Waals surface area contributed by atoms with Crippen LogP contribution in [0.2, 0.25) is 0 Å². The van der Waals surface area contributed by atoms with Gasteiger partial charge in [0, 0.05) is 69.3 Å². The molecule has 0 saturated carbocycles. The summed E-state index contributed by atoms with van der Waals surface area (Å²) in [5, 5.41) is 13.7. The molecule has 1 aliphatic carbocycles. The lowest BCUT2D eigenvalue weighted by Crippen LogP contribution is -2.67. The highest BCUT2D eigenvalue weighted by atomic mass is 16.3. The summed E-state index contributed by atoms with van der Waals surface area (Å²) < 4.78 is 0. The number of β-amino-alcohol motifs (C(OH)–C–C–N with tert-alkyl or cyclic N) is 1. The van der Waals surface area contributed by atoms with E-state index in [2.05, 4.69) is 22.0 Å². The molecule has 4 fully saturated rings. The summed E-state index contributed by atoms with van der Waals surface area (Å²) in [4.78, 5) is 68.3. The number of aldehydes is 2. The van der Waals surface area contributed by atoms with Crippen molar-refractivity contribution in [3.63, 3.8) is 0 Å². The Balaban J connectivity index is 1.12. The van der Waals surface area contributed by atoms with Gasteiger partial charge in [0.25, 0.3) is 5.91 Å². The number of nitrogens with two attached hydrogens (primary N) is 2. The van der Waals surface area contributed by atoms with E-state index in [-0.39, 0.29) is 35.8 Å². The van der Waals surface area contributed by atoms with Crippen molar-refractivity contribution in [3.05, 3.63) is 47.0 Å². The topological polar surface area (TPSA) is 183 Å². The van der Waals surface area contributed by atoms with Gasteiger partial charge in [0.2, 0.25) is 11.8 Å². The number of allylic oxidation sites excluding steroid dienone is 5. The second kappa shape index (κ2) is 13.1. The zero-order valence-electron chi connectivity index (χ0n) is 26.9. The minimum atomic E-state index is -0.780. The highest BCUT2D eigenvalue weighted by molar-refractivity contribution is 6.05. The van der Waals surface area contributed by atoms with Gasteiger partial charge in [0.1, 0.15) is 6.04 Å². The van der Waals surface area contributed by atoms with Gasteiger partial charge in [0.15, 0.2) is 12.6 Å². The van der Waals surface area contributed by atoms with Crippen LogP contribution in [-0.2, 0) is 24.0 Å². The van der Waals surface area contributed by atoms with Gasteiger partial charge < -0.3 is 31.3 Å². The molecular formula is C33H47N7O6. The first-order valence-electron chi connectivity index (χ1n) is 16.1. The Labute approximate surface area is 270 Å². The Morgan fingerprint density at radius 1 is 1.09 bits per heavy atom. The molecule has 0 aromatic heterocycles. The number of likely N-dealkylation sites (tertiary alicyclic amines) is 3. The van der Waals surface area contributed by atoms with Gasteiger partial charge in [-0.2, -0.15) is 0 Å².